The molecule has 1 amide bonds. The number of nitrogens with one attached hydrogen (secondary N) is 1. The van der Waals surface area contributed by atoms with Crippen molar-refractivity contribution in [2.45, 2.75) is 39.2 Å². The van der Waals surface area contributed by atoms with Gasteiger partial charge in [0.15, 0.2) is 0 Å². The monoisotopic (exact) mass is 231 g/mol. The molecule has 94 valence electrons. The number of carbonyl (C=O) groups excluding carboxylic acids is 1. The van der Waals surface area contributed by atoms with E-state index in [4.69, 9.17) is 9.84 Å². The Morgan fingerprint density at radius 3 is 2.31 bits per heavy atom. The Morgan fingerprint density at radius 1 is 1.44 bits per heavy atom. The molecule has 0 aliphatic heterocycles. The molecule has 0 rings (SSSR count). The molecule has 2 atom stereocenters. The minimum atomic E-state index is -0.890. The van der Waals surface area contributed by atoms with Crippen molar-refractivity contribution in [3.8, 4) is 0 Å². The largest absolute Gasteiger partial charge is 0.481 e. The summed E-state index contributed by atoms with van der Waals surface area (Å²) < 4.78 is 5.12. The fourth-order valence-corrected chi connectivity index (χ4v) is 1.21. The predicted molar refractivity (Wildman–Crippen MR) is 60.1 cm³/mol. The zero-order chi connectivity index (χ0) is 12.8. The summed E-state index contributed by atoms with van der Waals surface area (Å²) >= 11 is 0. The standard InChI is InChI=1S/C11H21NO4/c1-5-8(9(13)14)7-12-10(15)11(3,6-2)16-4/h8H,5-7H2,1-4H3,(H,12,15)(H,13,14). The summed E-state index contributed by atoms with van der Waals surface area (Å²) in [7, 11) is 1.47. The molecule has 0 saturated heterocycles. The van der Waals surface area contributed by atoms with E-state index in [9.17, 15) is 9.59 Å². The molecule has 0 aromatic heterocycles. The van der Waals surface area contributed by atoms with E-state index in [-0.39, 0.29) is 12.5 Å². The lowest BCUT2D eigenvalue weighted by molar-refractivity contribution is -0.144. The number of ether oxygens (including phenoxy) is 1. The van der Waals surface area contributed by atoms with E-state index >= 15 is 0 Å². The van der Waals surface area contributed by atoms with Gasteiger partial charge in [0.2, 0.25) is 0 Å². The highest BCUT2D eigenvalue weighted by atomic mass is 16.5. The van der Waals surface area contributed by atoms with Crippen molar-refractivity contribution in [1.82, 2.24) is 5.32 Å². The first kappa shape index (κ1) is 14.9. The van der Waals surface area contributed by atoms with Crippen LogP contribution >= 0.6 is 0 Å². The molecular formula is C11H21NO4. The van der Waals surface area contributed by atoms with E-state index in [0.717, 1.165) is 0 Å². The Bertz CT molecular complexity index is 248. The summed E-state index contributed by atoms with van der Waals surface area (Å²) in [6.07, 6.45) is 1.03. The Morgan fingerprint density at radius 2 is 2.00 bits per heavy atom. The highest BCUT2D eigenvalue weighted by Gasteiger charge is 2.31. The van der Waals surface area contributed by atoms with Crippen LogP contribution in [0.25, 0.3) is 0 Å². The number of carboxylic acid groups (broad SMARTS) is 1. The highest BCUT2D eigenvalue weighted by molar-refractivity contribution is 5.85. The molecule has 0 saturated carbocycles. The molecule has 0 aromatic carbocycles. The van der Waals surface area contributed by atoms with E-state index in [1.54, 1.807) is 13.8 Å². The number of carbonyl (C=O) groups is 2. The Hall–Kier alpha value is -1.10. The summed E-state index contributed by atoms with van der Waals surface area (Å²) in [5.74, 6) is -1.70. The van der Waals surface area contributed by atoms with Crippen LogP contribution in [0.1, 0.15) is 33.6 Å². The maximum atomic E-state index is 11.7. The van der Waals surface area contributed by atoms with Gasteiger partial charge in [0.1, 0.15) is 5.60 Å². The van der Waals surface area contributed by atoms with Gasteiger partial charge in [-0.3, -0.25) is 9.59 Å². The fourth-order valence-electron chi connectivity index (χ4n) is 1.21. The van der Waals surface area contributed by atoms with Gasteiger partial charge in [-0.2, -0.15) is 0 Å². The first-order valence-corrected chi connectivity index (χ1v) is 5.47. The highest BCUT2D eigenvalue weighted by Crippen LogP contribution is 2.14. The minimum absolute atomic E-state index is 0.142. The quantitative estimate of drug-likeness (QED) is 0.686. The molecule has 16 heavy (non-hydrogen) atoms. The molecular weight excluding hydrogens is 210 g/mol. The van der Waals surface area contributed by atoms with Crippen LogP contribution in [0.15, 0.2) is 0 Å². The van der Waals surface area contributed by atoms with E-state index < -0.39 is 17.5 Å². The van der Waals surface area contributed by atoms with Gasteiger partial charge in [0.05, 0.1) is 5.92 Å². The number of hydrogen-bond donors (Lipinski definition) is 2. The van der Waals surface area contributed by atoms with Crippen molar-refractivity contribution in [3.05, 3.63) is 0 Å². The minimum Gasteiger partial charge on any atom is -0.481 e. The molecule has 0 bridgehead atoms. The topological polar surface area (TPSA) is 75.6 Å². The number of aliphatic carboxylic acids is 1. The van der Waals surface area contributed by atoms with Crippen LogP contribution < -0.4 is 5.32 Å². The summed E-state index contributed by atoms with van der Waals surface area (Å²) in [4.78, 5) is 22.5. The molecule has 5 nitrogen and oxygen atoms in total. The van der Waals surface area contributed by atoms with Gasteiger partial charge in [-0.15, -0.1) is 0 Å². The van der Waals surface area contributed by atoms with Crippen LogP contribution in [0.2, 0.25) is 0 Å². The first-order chi connectivity index (χ1) is 7.41. The molecule has 5 heteroatoms. The fraction of sp³-hybridized carbons (Fsp3) is 0.818. The summed E-state index contributed by atoms with van der Waals surface area (Å²) in [6, 6.07) is 0. The van der Waals surface area contributed by atoms with E-state index in [0.29, 0.717) is 12.8 Å². The first-order valence-electron chi connectivity index (χ1n) is 5.47. The lowest BCUT2D eigenvalue weighted by Gasteiger charge is -2.25. The van der Waals surface area contributed by atoms with Crippen molar-refractivity contribution in [2.75, 3.05) is 13.7 Å². The number of hydrogen-bond acceptors (Lipinski definition) is 3. The third-order valence-electron chi connectivity index (χ3n) is 2.96. The summed E-state index contributed by atoms with van der Waals surface area (Å²) in [5, 5.41) is 11.4. The van der Waals surface area contributed by atoms with Crippen LogP contribution in [0.3, 0.4) is 0 Å². The zero-order valence-corrected chi connectivity index (χ0v) is 10.4. The third-order valence-corrected chi connectivity index (χ3v) is 2.96. The average molecular weight is 231 g/mol. The zero-order valence-electron chi connectivity index (χ0n) is 10.4. The Balaban J connectivity index is 4.30. The van der Waals surface area contributed by atoms with Crippen molar-refractivity contribution in [1.29, 1.82) is 0 Å². The molecule has 2 unspecified atom stereocenters. The summed E-state index contributed by atoms with van der Waals surface area (Å²) in [5.41, 5.74) is -0.878. The van der Waals surface area contributed by atoms with Crippen molar-refractivity contribution < 1.29 is 19.4 Å². The molecule has 2 N–H and O–H groups in total. The van der Waals surface area contributed by atoms with Gasteiger partial charge < -0.3 is 15.2 Å². The van der Waals surface area contributed by atoms with Crippen LogP contribution in [-0.4, -0.2) is 36.2 Å². The average Bonchev–Trinajstić information content (AvgIpc) is 2.28. The van der Waals surface area contributed by atoms with Crippen LogP contribution in [-0.2, 0) is 14.3 Å². The van der Waals surface area contributed by atoms with Gasteiger partial charge in [0, 0.05) is 13.7 Å². The van der Waals surface area contributed by atoms with Crippen molar-refractivity contribution >= 4 is 11.9 Å². The molecule has 0 heterocycles. The number of methoxy groups -OCH3 is 1. The molecule has 0 fully saturated rings. The van der Waals surface area contributed by atoms with E-state index in [2.05, 4.69) is 5.32 Å². The van der Waals surface area contributed by atoms with E-state index in [1.807, 2.05) is 6.92 Å². The van der Waals surface area contributed by atoms with Gasteiger partial charge >= 0.3 is 5.97 Å². The van der Waals surface area contributed by atoms with Crippen molar-refractivity contribution in [3.63, 3.8) is 0 Å². The van der Waals surface area contributed by atoms with Gasteiger partial charge in [0.25, 0.3) is 5.91 Å². The molecule has 0 aliphatic rings. The SMILES string of the molecule is CCC(CNC(=O)C(C)(CC)OC)C(=O)O. The lowest BCUT2D eigenvalue weighted by atomic mass is 10.0. The molecule has 0 spiro atoms. The maximum absolute atomic E-state index is 11.7. The lowest BCUT2D eigenvalue weighted by Crippen LogP contribution is -2.47. The predicted octanol–water partition coefficient (Wildman–Crippen LogP) is 1.03. The number of rotatable bonds is 7. The van der Waals surface area contributed by atoms with E-state index in [1.165, 1.54) is 7.11 Å². The second-order valence-corrected chi connectivity index (χ2v) is 3.94. The second-order valence-electron chi connectivity index (χ2n) is 3.94. The number of amides is 1. The van der Waals surface area contributed by atoms with Crippen LogP contribution in [0, 0.1) is 5.92 Å². The van der Waals surface area contributed by atoms with Crippen LogP contribution in [0.4, 0.5) is 0 Å². The Labute approximate surface area is 96.2 Å². The van der Waals surface area contributed by atoms with Crippen LogP contribution in [0.5, 0.6) is 0 Å². The normalized spacial score (nSPS) is 16.2. The number of carboxylic acids is 1. The third kappa shape index (κ3) is 3.81. The molecule has 0 radical (unpaired) electrons. The second kappa shape index (κ2) is 6.48. The van der Waals surface area contributed by atoms with Gasteiger partial charge in [-0.05, 0) is 19.8 Å². The van der Waals surface area contributed by atoms with Gasteiger partial charge in [-0.25, -0.2) is 0 Å². The molecule has 0 aliphatic carbocycles. The maximum Gasteiger partial charge on any atom is 0.308 e. The van der Waals surface area contributed by atoms with Crippen molar-refractivity contribution in [2.24, 2.45) is 5.92 Å². The smallest absolute Gasteiger partial charge is 0.308 e. The van der Waals surface area contributed by atoms with Gasteiger partial charge in [-0.1, -0.05) is 13.8 Å². The Kier molecular flexibility index (Phi) is 6.03. The molecule has 0 aromatic rings. The summed E-state index contributed by atoms with van der Waals surface area (Å²) in [6.45, 7) is 5.45.